The molecule has 0 aliphatic carbocycles. The van der Waals surface area contributed by atoms with Crippen molar-refractivity contribution in [3.63, 3.8) is 0 Å². The van der Waals surface area contributed by atoms with E-state index in [1.54, 1.807) is 0 Å². The van der Waals surface area contributed by atoms with Gasteiger partial charge in [-0.2, -0.15) is 0 Å². The molecule has 1 aliphatic rings. The lowest BCUT2D eigenvalue weighted by molar-refractivity contribution is 0.119. The van der Waals surface area contributed by atoms with Gasteiger partial charge >= 0.3 is 0 Å². The van der Waals surface area contributed by atoms with Crippen molar-refractivity contribution in [3.8, 4) is 0 Å². The van der Waals surface area contributed by atoms with Crippen LogP contribution in [0.1, 0.15) is 0 Å². The molecular weight excluding hydrogens is 166 g/mol. The summed E-state index contributed by atoms with van der Waals surface area (Å²) in [7, 11) is 4.23. The molecule has 0 aromatic rings. The second-order valence-corrected chi connectivity index (χ2v) is 3.66. The highest BCUT2D eigenvalue weighted by Crippen LogP contribution is 2.05. The first-order valence-electron chi connectivity index (χ1n) is 4.53. The first-order chi connectivity index (χ1) is 6.09. The zero-order valence-corrected chi connectivity index (χ0v) is 8.40. The summed E-state index contributed by atoms with van der Waals surface area (Å²) in [5, 5.41) is 0. The maximum absolute atomic E-state index is 5.29. The summed E-state index contributed by atoms with van der Waals surface area (Å²) in [6, 6.07) is 0.445. The fourth-order valence-electron chi connectivity index (χ4n) is 1.51. The molecule has 4 N–H and O–H groups in total. The standard InChI is InChI=1S/C8H19N5/c1-12-3-4-13(2)7(6-12)5-11-8(9)10/h7H,3-6H2,1-2H3,(H4,9,10,11). The smallest absolute Gasteiger partial charge is 0.185 e. The van der Waals surface area contributed by atoms with Gasteiger partial charge in [0.05, 0.1) is 6.54 Å². The Morgan fingerprint density at radius 1 is 1.38 bits per heavy atom. The topological polar surface area (TPSA) is 70.9 Å². The van der Waals surface area contributed by atoms with E-state index in [1.165, 1.54) is 0 Å². The van der Waals surface area contributed by atoms with Crippen LogP contribution in [-0.4, -0.2) is 62.1 Å². The van der Waals surface area contributed by atoms with Gasteiger partial charge in [-0.3, -0.25) is 9.89 Å². The van der Waals surface area contributed by atoms with Crippen molar-refractivity contribution in [2.24, 2.45) is 16.5 Å². The van der Waals surface area contributed by atoms with Gasteiger partial charge in [0, 0.05) is 25.7 Å². The van der Waals surface area contributed by atoms with Crippen molar-refractivity contribution in [3.05, 3.63) is 0 Å². The summed E-state index contributed by atoms with van der Waals surface area (Å²) >= 11 is 0. The fraction of sp³-hybridized carbons (Fsp3) is 0.875. The molecule has 1 aliphatic heterocycles. The minimum absolute atomic E-state index is 0.182. The number of rotatable bonds is 2. The van der Waals surface area contributed by atoms with Crippen molar-refractivity contribution < 1.29 is 0 Å². The van der Waals surface area contributed by atoms with Crippen molar-refractivity contribution in [1.29, 1.82) is 0 Å². The van der Waals surface area contributed by atoms with Crippen LogP contribution in [0.15, 0.2) is 4.99 Å². The summed E-state index contributed by atoms with van der Waals surface area (Å²) < 4.78 is 0. The normalized spacial score (nSPS) is 25.8. The first-order valence-corrected chi connectivity index (χ1v) is 4.53. The fourth-order valence-corrected chi connectivity index (χ4v) is 1.51. The van der Waals surface area contributed by atoms with Crippen LogP contribution < -0.4 is 11.5 Å². The van der Waals surface area contributed by atoms with E-state index in [0.717, 1.165) is 19.6 Å². The molecule has 13 heavy (non-hydrogen) atoms. The third-order valence-electron chi connectivity index (χ3n) is 2.46. The van der Waals surface area contributed by atoms with Gasteiger partial charge in [0.15, 0.2) is 5.96 Å². The molecule has 1 heterocycles. The van der Waals surface area contributed by atoms with Crippen LogP contribution in [0.4, 0.5) is 0 Å². The van der Waals surface area contributed by atoms with E-state index >= 15 is 0 Å². The first kappa shape index (κ1) is 10.3. The lowest BCUT2D eigenvalue weighted by Crippen LogP contribution is -2.51. The van der Waals surface area contributed by atoms with Gasteiger partial charge in [0.2, 0.25) is 0 Å². The number of nitrogens with two attached hydrogens (primary N) is 2. The summed E-state index contributed by atoms with van der Waals surface area (Å²) in [6.07, 6.45) is 0. The molecule has 0 saturated carbocycles. The van der Waals surface area contributed by atoms with E-state index in [4.69, 9.17) is 11.5 Å². The minimum Gasteiger partial charge on any atom is -0.370 e. The van der Waals surface area contributed by atoms with Crippen LogP contribution >= 0.6 is 0 Å². The quantitative estimate of drug-likeness (QED) is 0.406. The van der Waals surface area contributed by atoms with Crippen LogP contribution in [0.3, 0.4) is 0 Å². The Labute approximate surface area is 79.4 Å². The zero-order chi connectivity index (χ0) is 9.84. The maximum atomic E-state index is 5.29. The molecule has 1 unspecified atom stereocenters. The second kappa shape index (κ2) is 4.43. The molecule has 0 aromatic carbocycles. The largest absolute Gasteiger partial charge is 0.370 e. The van der Waals surface area contributed by atoms with E-state index < -0.39 is 0 Å². The van der Waals surface area contributed by atoms with Crippen LogP contribution in [-0.2, 0) is 0 Å². The van der Waals surface area contributed by atoms with Crippen molar-refractivity contribution in [2.75, 3.05) is 40.3 Å². The Hall–Kier alpha value is -0.810. The summed E-state index contributed by atoms with van der Waals surface area (Å²) in [5.74, 6) is 0.182. The highest BCUT2D eigenvalue weighted by Gasteiger charge is 2.21. The monoisotopic (exact) mass is 185 g/mol. The van der Waals surface area contributed by atoms with Gasteiger partial charge < -0.3 is 16.4 Å². The van der Waals surface area contributed by atoms with E-state index in [9.17, 15) is 0 Å². The Morgan fingerprint density at radius 2 is 2.08 bits per heavy atom. The molecular formula is C8H19N5. The Bertz CT molecular complexity index is 187. The van der Waals surface area contributed by atoms with Crippen molar-refractivity contribution in [1.82, 2.24) is 9.80 Å². The zero-order valence-electron chi connectivity index (χ0n) is 8.40. The Morgan fingerprint density at radius 3 is 2.69 bits per heavy atom. The van der Waals surface area contributed by atoms with Gasteiger partial charge in [-0.05, 0) is 14.1 Å². The lowest BCUT2D eigenvalue weighted by atomic mass is 10.2. The average molecular weight is 185 g/mol. The number of hydrogen-bond donors (Lipinski definition) is 2. The molecule has 0 aromatic heterocycles. The molecule has 1 saturated heterocycles. The molecule has 5 heteroatoms. The molecule has 1 atom stereocenters. The van der Waals surface area contributed by atoms with E-state index in [2.05, 4.69) is 28.9 Å². The van der Waals surface area contributed by atoms with E-state index in [-0.39, 0.29) is 5.96 Å². The third kappa shape index (κ3) is 3.20. The van der Waals surface area contributed by atoms with Crippen LogP contribution in [0.2, 0.25) is 0 Å². The van der Waals surface area contributed by atoms with Crippen LogP contribution in [0.25, 0.3) is 0 Å². The van der Waals surface area contributed by atoms with Crippen molar-refractivity contribution in [2.45, 2.75) is 6.04 Å². The molecule has 0 radical (unpaired) electrons. The number of piperazine rings is 1. The summed E-state index contributed by atoms with van der Waals surface area (Å²) in [5.41, 5.74) is 10.6. The predicted molar refractivity (Wildman–Crippen MR) is 54.6 cm³/mol. The van der Waals surface area contributed by atoms with E-state index in [0.29, 0.717) is 12.6 Å². The number of aliphatic imine (C=N–C) groups is 1. The average Bonchev–Trinajstić information content (AvgIpc) is 2.06. The molecule has 1 fully saturated rings. The number of likely N-dealkylation sites (N-methyl/N-ethyl adjacent to an activating group) is 2. The summed E-state index contributed by atoms with van der Waals surface area (Å²) in [6.45, 7) is 3.94. The van der Waals surface area contributed by atoms with Gasteiger partial charge in [0.1, 0.15) is 0 Å². The van der Waals surface area contributed by atoms with Gasteiger partial charge in [-0.1, -0.05) is 0 Å². The molecule has 0 bridgehead atoms. The lowest BCUT2D eigenvalue weighted by Gasteiger charge is -2.36. The Balaban J connectivity index is 2.42. The van der Waals surface area contributed by atoms with Gasteiger partial charge in [-0.15, -0.1) is 0 Å². The highest BCUT2D eigenvalue weighted by molar-refractivity contribution is 5.75. The maximum Gasteiger partial charge on any atom is 0.185 e. The highest BCUT2D eigenvalue weighted by atomic mass is 15.3. The summed E-state index contributed by atoms with van der Waals surface area (Å²) in [4.78, 5) is 8.63. The van der Waals surface area contributed by atoms with Crippen LogP contribution in [0, 0.1) is 0 Å². The van der Waals surface area contributed by atoms with Gasteiger partial charge in [-0.25, -0.2) is 0 Å². The Kier molecular flexibility index (Phi) is 3.50. The molecule has 76 valence electrons. The third-order valence-corrected chi connectivity index (χ3v) is 2.46. The number of nitrogens with zero attached hydrogens (tertiary/aromatic N) is 3. The second-order valence-electron chi connectivity index (χ2n) is 3.66. The van der Waals surface area contributed by atoms with Crippen LogP contribution in [0.5, 0.6) is 0 Å². The molecule has 5 nitrogen and oxygen atoms in total. The van der Waals surface area contributed by atoms with E-state index in [1.807, 2.05) is 0 Å². The van der Waals surface area contributed by atoms with Crippen molar-refractivity contribution >= 4 is 5.96 Å². The SMILES string of the molecule is CN1CCN(C)C(CN=C(N)N)C1. The number of guanidine groups is 1. The number of hydrogen-bond acceptors (Lipinski definition) is 3. The van der Waals surface area contributed by atoms with Gasteiger partial charge in [0.25, 0.3) is 0 Å². The molecule has 0 spiro atoms. The predicted octanol–water partition coefficient (Wildman–Crippen LogP) is -1.49. The molecule has 1 rings (SSSR count). The molecule has 0 amide bonds. The minimum atomic E-state index is 0.182.